The zero-order valence-electron chi connectivity index (χ0n) is 15.0. The van der Waals surface area contributed by atoms with E-state index in [2.05, 4.69) is 27.2 Å². The summed E-state index contributed by atoms with van der Waals surface area (Å²) >= 11 is 0. The highest BCUT2D eigenvalue weighted by Crippen LogP contribution is 2.33. The van der Waals surface area contributed by atoms with Crippen LogP contribution in [0.4, 0.5) is 29.2 Å². The zero-order chi connectivity index (χ0) is 20.1. The molecule has 1 aromatic carbocycles. The molecule has 0 atom stereocenters. The lowest BCUT2D eigenvalue weighted by Gasteiger charge is -2.23. The molecule has 0 unspecified atom stereocenters. The highest BCUT2D eigenvalue weighted by molar-refractivity contribution is 5.65. The number of nitrogens with zero attached hydrogens (tertiary/aromatic N) is 2. The number of rotatable bonds is 6. The number of anilines is 2. The van der Waals surface area contributed by atoms with Crippen molar-refractivity contribution in [3.05, 3.63) is 54.1 Å². The molecule has 1 aliphatic heterocycles. The Morgan fingerprint density at radius 3 is 2.68 bits per heavy atom. The van der Waals surface area contributed by atoms with E-state index >= 15 is 0 Å². The first-order valence-corrected chi connectivity index (χ1v) is 8.80. The third-order valence-electron chi connectivity index (χ3n) is 4.41. The van der Waals surface area contributed by atoms with Gasteiger partial charge in [-0.1, -0.05) is 12.6 Å². The molecular weight excluding hydrogens is 376 g/mol. The fourth-order valence-corrected chi connectivity index (χ4v) is 2.89. The molecule has 0 radical (unpaired) electrons. The standard InChI is InChI=1S/C19H20F4N4O/c1-12(24-10-13-5-7-28-8-6-13)16-11-25-18(27-17(16)19(21,22)23)26-15-4-2-3-14(20)9-15/h2-4,9,11,13,24H,1,5-8,10H2,(H,25,26,27). The van der Waals surface area contributed by atoms with Gasteiger partial charge in [-0.3, -0.25) is 0 Å². The average molecular weight is 396 g/mol. The molecule has 1 aliphatic rings. The van der Waals surface area contributed by atoms with Gasteiger partial charge in [0.05, 0.1) is 0 Å². The topological polar surface area (TPSA) is 59.1 Å². The molecule has 2 aromatic rings. The second kappa shape index (κ2) is 8.55. The summed E-state index contributed by atoms with van der Waals surface area (Å²) in [6.07, 6.45) is -1.94. The van der Waals surface area contributed by atoms with Crippen LogP contribution in [0.3, 0.4) is 0 Å². The lowest BCUT2D eigenvalue weighted by molar-refractivity contribution is -0.141. The molecule has 9 heteroatoms. The largest absolute Gasteiger partial charge is 0.434 e. The van der Waals surface area contributed by atoms with Gasteiger partial charge in [0.1, 0.15) is 5.82 Å². The highest BCUT2D eigenvalue weighted by Gasteiger charge is 2.37. The van der Waals surface area contributed by atoms with E-state index in [4.69, 9.17) is 4.74 Å². The van der Waals surface area contributed by atoms with Crippen LogP contribution >= 0.6 is 0 Å². The van der Waals surface area contributed by atoms with Gasteiger partial charge in [0.15, 0.2) is 5.69 Å². The van der Waals surface area contributed by atoms with Crippen molar-refractivity contribution in [2.24, 2.45) is 5.92 Å². The zero-order valence-corrected chi connectivity index (χ0v) is 15.0. The number of nitrogens with one attached hydrogen (secondary N) is 2. The lowest BCUT2D eigenvalue weighted by atomic mass is 10.00. The SMILES string of the molecule is C=C(NCC1CCOCC1)c1cnc(Nc2cccc(F)c2)nc1C(F)(F)F. The van der Waals surface area contributed by atoms with Crippen molar-refractivity contribution in [1.29, 1.82) is 0 Å². The van der Waals surface area contributed by atoms with Crippen molar-refractivity contribution in [1.82, 2.24) is 15.3 Å². The Labute approximate surface area is 159 Å². The van der Waals surface area contributed by atoms with Crippen molar-refractivity contribution in [2.45, 2.75) is 19.0 Å². The van der Waals surface area contributed by atoms with Crippen LogP contribution in [0.5, 0.6) is 0 Å². The lowest BCUT2D eigenvalue weighted by Crippen LogP contribution is -2.27. The van der Waals surface area contributed by atoms with E-state index in [1.807, 2.05) is 0 Å². The number of halogens is 4. The van der Waals surface area contributed by atoms with Gasteiger partial charge >= 0.3 is 6.18 Å². The van der Waals surface area contributed by atoms with E-state index in [1.165, 1.54) is 18.2 Å². The van der Waals surface area contributed by atoms with E-state index in [0.717, 1.165) is 25.1 Å². The number of ether oxygens (including phenoxy) is 1. The summed E-state index contributed by atoms with van der Waals surface area (Å²) in [6, 6.07) is 5.30. The van der Waals surface area contributed by atoms with Gasteiger partial charge in [-0.15, -0.1) is 0 Å². The predicted molar refractivity (Wildman–Crippen MR) is 97.3 cm³/mol. The Balaban J connectivity index is 1.77. The Kier molecular flexibility index (Phi) is 6.13. The van der Waals surface area contributed by atoms with Gasteiger partial charge in [-0.05, 0) is 37.0 Å². The maximum atomic E-state index is 13.5. The summed E-state index contributed by atoms with van der Waals surface area (Å²) in [6.45, 7) is 5.52. The summed E-state index contributed by atoms with van der Waals surface area (Å²) in [4.78, 5) is 7.52. The van der Waals surface area contributed by atoms with Crippen LogP contribution in [0.2, 0.25) is 0 Å². The summed E-state index contributed by atoms with van der Waals surface area (Å²) in [5.41, 5.74) is -0.969. The molecule has 2 heterocycles. The molecular formula is C19H20F4N4O. The Morgan fingerprint density at radius 1 is 1.25 bits per heavy atom. The summed E-state index contributed by atoms with van der Waals surface area (Å²) in [5.74, 6) is -0.489. The van der Waals surface area contributed by atoms with Gasteiger partial charge in [0.25, 0.3) is 0 Å². The van der Waals surface area contributed by atoms with E-state index < -0.39 is 17.7 Å². The molecule has 150 valence electrons. The first-order valence-electron chi connectivity index (χ1n) is 8.80. The molecule has 1 saturated heterocycles. The predicted octanol–water partition coefficient (Wildman–Crippen LogP) is 4.37. The van der Waals surface area contributed by atoms with Crippen molar-refractivity contribution >= 4 is 17.3 Å². The molecule has 1 fully saturated rings. The Bertz CT molecular complexity index is 835. The molecule has 0 amide bonds. The molecule has 3 rings (SSSR count). The third-order valence-corrected chi connectivity index (χ3v) is 4.41. The molecule has 0 aliphatic carbocycles. The summed E-state index contributed by atoms with van der Waals surface area (Å²) < 4.78 is 59.1. The number of hydrogen-bond acceptors (Lipinski definition) is 5. The quantitative estimate of drug-likeness (QED) is 0.711. The molecule has 2 N–H and O–H groups in total. The van der Waals surface area contributed by atoms with Gasteiger partial charge in [-0.25, -0.2) is 14.4 Å². The van der Waals surface area contributed by atoms with Crippen LogP contribution in [0.25, 0.3) is 5.70 Å². The van der Waals surface area contributed by atoms with E-state index in [-0.39, 0.29) is 22.9 Å². The van der Waals surface area contributed by atoms with Crippen molar-refractivity contribution in [3.63, 3.8) is 0 Å². The van der Waals surface area contributed by atoms with E-state index in [1.54, 1.807) is 0 Å². The van der Waals surface area contributed by atoms with Crippen LogP contribution in [-0.2, 0) is 10.9 Å². The maximum absolute atomic E-state index is 13.5. The van der Waals surface area contributed by atoms with Crippen molar-refractivity contribution in [3.8, 4) is 0 Å². The van der Waals surface area contributed by atoms with Crippen LogP contribution in [0.1, 0.15) is 24.1 Å². The monoisotopic (exact) mass is 396 g/mol. The first-order chi connectivity index (χ1) is 13.3. The fraction of sp³-hybridized carbons (Fsp3) is 0.368. The van der Waals surface area contributed by atoms with Crippen LogP contribution in [-0.4, -0.2) is 29.7 Å². The Hall–Kier alpha value is -2.68. The van der Waals surface area contributed by atoms with Gasteiger partial charge in [-0.2, -0.15) is 13.2 Å². The number of benzene rings is 1. The number of hydrogen-bond donors (Lipinski definition) is 2. The van der Waals surface area contributed by atoms with Crippen molar-refractivity contribution in [2.75, 3.05) is 25.1 Å². The number of aromatic nitrogens is 2. The van der Waals surface area contributed by atoms with Crippen molar-refractivity contribution < 1.29 is 22.3 Å². The third kappa shape index (κ3) is 5.19. The summed E-state index contributed by atoms with van der Waals surface area (Å²) in [7, 11) is 0. The van der Waals surface area contributed by atoms with Crippen LogP contribution in [0, 0.1) is 11.7 Å². The molecule has 28 heavy (non-hydrogen) atoms. The molecule has 0 saturated carbocycles. The van der Waals surface area contributed by atoms with Gasteiger partial charge in [0, 0.05) is 42.9 Å². The number of alkyl halides is 3. The Morgan fingerprint density at radius 2 is 2.00 bits per heavy atom. The fourth-order valence-electron chi connectivity index (χ4n) is 2.89. The average Bonchev–Trinajstić information content (AvgIpc) is 2.66. The van der Waals surface area contributed by atoms with Gasteiger partial charge < -0.3 is 15.4 Å². The smallest absolute Gasteiger partial charge is 0.385 e. The molecule has 1 aromatic heterocycles. The minimum absolute atomic E-state index is 0.108. The van der Waals surface area contributed by atoms with E-state index in [9.17, 15) is 17.6 Å². The summed E-state index contributed by atoms with van der Waals surface area (Å²) in [5, 5.41) is 5.54. The molecule has 0 bridgehead atoms. The molecule has 0 spiro atoms. The maximum Gasteiger partial charge on any atom is 0.434 e. The van der Waals surface area contributed by atoms with E-state index in [0.29, 0.717) is 25.7 Å². The normalized spacial score (nSPS) is 15.3. The minimum atomic E-state index is -4.69. The second-order valence-electron chi connectivity index (χ2n) is 6.50. The van der Waals surface area contributed by atoms with Crippen LogP contribution < -0.4 is 10.6 Å². The minimum Gasteiger partial charge on any atom is -0.385 e. The van der Waals surface area contributed by atoms with Crippen LogP contribution in [0.15, 0.2) is 37.0 Å². The highest BCUT2D eigenvalue weighted by atomic mass is 19.4. The van der Waals surface area contributed by atoms with Gasteiger partial charge in [0.2, 0.25) is 5.95 Å². The molecule has 5 nitrogen and oxygen atoms in total. The first kappa shape index (κ1) is 20.1. The second-order valence-corrected chi connectivity index (χ2v) is 6.50.